The number of nitrogens with zero attached hydrogens (tertiary/aromatic N) is 1. The molecule has 8 nitrogen and oxygen atoms in total. The molecule has 0 spiro atoms. The zero-order valence-corrected chi connectivity index (χ0v) is 17.2. The van der Waals surface area contributed by atoms with E-state index in [2.05, 4.69) is 10.7 Å². The third-order valence-corrected chi connectivity index (χ3v) is 4.19. The highest BCUT2D eigenvalue weighted by Crippen LogP contribution is 2.26. The minimum atomic E-state index is -1.70. The Morgan fingerprint density at radius 3 is 2.46 bits per heavy atom. The van der Waals surface area contributed by atoms with E-state index in [1.807, 2.05) is 13.8 Å². The van der Waals surface area contributed by atoms with Gasteiger partial charge in [-0.05, 0) is 25.7 Å². The van der Waals surface area contributed by atoms with Crippen molar-refractivity contribution in [2.45, 2.75) is 55.5 Å². The van der Waals surface area contributed by atoms with Crippen molar-refractivity contribution in [1.82, 2.24) is 15.8 Å². The van der Waals surface area contributed by atoms with Crippen LogP contribution < -0.4 is 16.5 Å². The monoisotopic (exact) mass is 430 g/mol. The molecule has 1 aliphatic heterocycles. The molecule has 4 N–H and O–H groups in total. The van der Waals surface area contributed by atoms with E-state index < -0.39 is 33.8 Å². The van der Waals surface area contributed by atoms with Crippen molar-refractivity contribution >= 4 is 52.6 Å². The first-order valence-corrected chi connectivity index (χ1v) is 9.42. The number of esters is 1. The number of hydrazine groups is 1. The summed E-state index contributed by atoms with van der Waals surface area (Å²) in [6, 6.07) is -2.24. The number of nitrogens with one attached hydrogen (secondary N) is 2. The van der Waals surface area contributed by atoms with Crippen LogP contribution in [0.5, 0.6) is 0 Å². The van der Waals surface area contributed by atoms with E-state index in [0.717, 1.165) is 0 Å². The Morgan fingerprint density at radius 1 is 1.31 bits per heavy atom. The molecule has 2 amide bonds. The molecule has 0 bridgehead atoms. The number of rotatable bonds is 6. The predicted octanol–water partition coefficient (Wildman–Crippen LogP) is 0.883. The van der Waals surface area contributed by atoms with Crippen LogP contribution in [0.15, 0.2) is 0 Å². The summed E-state index contributed by atoms with van der Waals surface area (Å²) in [5.41, 5.74) is 8.56. The van der Waals surface area contributed by atoms with Crippen molar-refractivity contribution in [1.29, 1.82) is 0 Å². The van der Waals surface area contributed by atoms with E-state index in [9.17, 15) is 14.4 Å². The van der Waals surface area contributed by atoms with E-state index in [0.29, 0.717) is 19.4 Å². The lowest BCUT2D eigenvalue weighted by molar-refractivity contribution is -0.152. The Kier molecular flexibility index (Phi) is 8.88. The molecule has 1 fully saturated rings. The van der Waals surface area contributed by atoms with Gasteiger partial charge in [0, 0.05) is 6.54 Å². The number of ether oxygens (including phenoxy) is 1. The lowest BCUT2D eigenvalue weighted by Crippen LogP contribution is -2.60. The van der Waals surface area contributed by atoms with Crippen LogP contribution in [-0.2, 0) is 19.1 Å². The molecular weight excluding hydrogens is 407 g/mol. The van der Waals surface area contributed by atoms with E-state index in [-0.39, 0.29) is 18.4 Å². The van der Waals surface area contributed by atoms with Gasteiger partial charge in [0.15, 0.2) is 0 Å². The zero-order valence-electron chi connectivity index (χ0n) is 14.9. The third kappa shape index (κ3) is 7.44. The first-order chi connectivity index (χ1) is 11.9. The number of halogens is 3. The van der Waals surface area contributed by atoms with Crippen molar-refractivity contribution in [3.63, 3.8) is 0 Å². The molecule has 0 radical (unpaired) electrons. The van der Waals surface area contributed by atoms with Crippen LogP contribution >= 0.6 is 34.8 Å². The Balaban J connectivity index is 2.58. The fourth-order valence-electron chi connectivity index (χ4n) is 2.28. The summed E-state index contributed by atoms with van der Waals surface area (Å²) in [6.07, 6.45) is 1.06. The van der Waals surface area contributed by atoms with Crippen LogP contribution in [0, 0.1) is 5.92 Å². The maximum Gasteiger partial charge on any atom is 0.325 e. The zero-order chi connectivity index (χ0) is 20.1. The summed E-state index contributed by atoms with van der Waals surface area (Å²) in [4.78, 5) is 36.5. The predicted molar refractivity (Wildman–Crippen MR) is 99.5 cm³/mol. The van der Waals surface area contributed by atoms with Crippen LogP contribution in [0.1, 0.15) is 33.6 Å². The van der Waals surface area contributed by atoms with Crippen LogP contribution in [0.25, 0.3) is 0 Å². The molecule has 11 heteroatoms. The quantitative estimate of drug-likeness (QED) is 0.425. The number of amides is 2. The Hall–Kier alpha value is -0.800. The van der Waals surface area contributed by atoms with E-state index in [1.165, 1.54) is 5.01 Å². The summed E-state index contributed by atoms with van der Waals surface area (Å²) in [5.74, 6) is -1.46. The molecule has 150 valence electrons. The molecule has 26 heavy (non-hydrogen) atoms. The lowest BCUT2D eigenvalue weighted by Gasteiger charge is -2.34. The van der Waals surface area contributed by atoms with Gasteiger partial charge in [-0.1, -0.05) is 48.7 Å². The SMILES string of the molecule is CC(C)C(N)C(=O)N[C@@H](C)C(=O)N1CCC[C@@H](C(=O)OCC(Cl)(Cl)Cl)N1. The highest BCUT2D eigenvalue weighted by atomic mass is 35.6. The number of carbonyl (C=O) groups excluding carboxylic acids is 3. The molecule has 0 aromatic rings. The standard InChI is InChI=1S/C15H25Cl3N4O4/c1-8(2)11(19)12(23)20-9(3)13(24)22-6-4-5-10(21-22)14(25)26-7-15(16,17)18/h8-11,21H,4-7,19H2,1-3H3,(H,20,23)/t9-,10-,11?/m0/s1. The Labute approximate surface area is 168 Å². The number of hydrogen-bond acceptors (Lipinski definition) is 6. The smallest absolute Gasteiger partial charge is 0.325 e. The molecule has 1 rings (SSSR count). The summed E-state index contributed by atoms with van der Waals surface area (Å²) in [5, 5.41) is 3.87. The average Bonchev–Trinajstić information content (AvgIpc) is 2.57. The second-order valence-corrected chi connectivity index (χ2v) is 9.05. The van der Waals surface area contributed by atoms with Gasteiger partial charge in [-0.3, -0.25) is 19.4 Å². The van der Waals surface area contributed by atoms with E-state index in [1.54, 1.807) is 6.92 Å². The van der Waals surface area contributed by atoms with Crippen molar-refractivity contribution < 1.29 is 19.1 Å². The van der Waals surface area contributed by atoms with Crippen molar-refractivity contribution in [3.05, 3.63) is 0 Å². The van der Waals surface area contributed by atoms with Crippen molar-refractivity contribution in [2.24, 2.45) is 11.7 Å². The van der Waals surface area contributed by atoms with Gasteiger partial charge in [-0.2, -0.15) is 0 Å². The Morgan fingerprint density at radius 2 is 1.92 bits per heavy atom. The van der Waals surface area contributed by atoms with E-state index in [4.69, 9.17) is 45.3 Å². The molecule has 3 atom stereocenters. The van der Waals surface area contributed by atoms with Gasteiger partial charge in [-0.25, -0.2) is 5.43 Å². The number of carbonyl (C=O) groups is 3. The fourth-order valence-corrected chi connectivity index (χ4v) is 2.44. The molecule has 1 unspecified atom stereocenters. The second kappa shape index (κ2) is 9.94. The maximum absolute atomic E-state index is 12.5. The summed E-state index contributed by atoms with van der Waals surface area (Å²) >= 11 is 16.7. The van der Waals surface area contributed by atoms with Gasteiger partial charge >= 0.3 is 5.97 Å². The topological polar surface area (TPSA) is 114 Å². The van der Waals surface area contributed by atoms with Gasteiger partial charge in [0.05, 0.1) is 6.04 Å². The minimum Gasteiger partial charge on any atom is -0.460 e. The molecular formula is C15H25Cl3N4O4. The lowest BCUT2D eigenvalue weighted by atomic mass is 10.0. The van der Waals surface area contributed by atoms with Gasteiger partial charge in [-0.15, -0.1) is 0 Å². The van der Waals surface area contributed by atoms with E-state index >= 15 is 0 Å². The number of alkyl halides is 3. The number of nitrogens with two attached hydrogens (primary N) is 1. The summed E-state index contributed by atoms with van der Waals surface area (Å²) in [7, 11) is 0. The number of hydrogen-bond donors (Lipinski definition) is 3. The molecule has 0 saturated carbocycles. The summed E-state index contributed by atoms with van der Waals surface area (Å²) < 4.78 is 3.23. The first kappa shape index (κ1) is 23.2. The molecule has 1 saturated heterocycles. The van der Waals surface area contributed by atoms with Gasteiger partial charge in [0.1, 0.15) is 18.7 Å². The fraction of sp³-hybridized carbons (Fsp3) is 0.800. The average molecular weight is 432 g/mol. The van der Waals surface area contributed by atoms with Gasteiger partial charge in [0.2, 0.25) is 9.70 Å². The highest BCUT2D eigenvalue weighted by molar-refractivity contribution is 6.67. The van der Waals surface area contributed by atoms with Crippen LogP contribution in [0.3, 0.4) is 0 Å². The van der Waals surface area contributed by atoms with Crippen LogP contribution in [-0.4, -0.2) is 57.9 Å². The molecule has 0 aliphatic carbocycles. The summed E-state index contributed by atoms with van der Waals surface area (Å²) in [6.45, 7) is 5.19. The van der Waals surface area contributed by atoms with Crippen molar-refractivity contribution in [3.8, 4) is 0 Å². The van der Waals surface area contributed by atoms with Crippen molar-refractivity contribution in [2.75, 3.05) is 13.2 Å². The van der Waals surface area contributed by atoms with Crippen LogP contribution in [0.4, 0.5) is 0 Å². The largest absolute Gasteiger partial charge is 0.460 e. The third-order valence-electron chi connectivity index (χ3n) is 3.87. The van der Waals surface area contributed by atoms with Crippen LogP contribution in [0.2, 0.25) is 0 Å². The molecule has 0 aromatic heterocycles. The minimum absolute atomic E-state index is 0.0533. The van der Waals surface area contributed by atoms with Gasteiger partial charge < -0.3 is 15.8 Å². The van der Waals surface area contributed by atoms with Gasteiger partial charge in [0.25, 0.3) is 5.91 Å². The maximum atomic E-state index is 12.5. The highest BCUT2D eigenvalue weighted by Gasteiger charge is 2.33. The normalized spacial score (nSPS) is 20.5. The second-order valence-electron chi connectivity index (χ2n) is 6.54. The first-order valence-electron chi connectivity index (χ1n) is 8.29. The molecule has 1 heterocycles. The Bertz CT molecular complexity index is 528. The molecule has 1 aliphatic rings. The molecule has 0 aromatic carbocycles.